The molecule has 0 spiro atoms. The summed E-state index contributed by atoms with van der Waals surface area (Å²) in [6, 6.07) is 4.07. The van der Waals surface area contributed by atoms with Gasteiger partial charge < -0.3 is 4.90 Å². The number of nitrogens with zero attached hydrogens (tertiary/aromatic N) is 1. The SMILES string of the molecule is CCN(CCCCl)C(=O)c1ccc(F)cc1Br. The number of carbonyl (C=O) groups excluding carboxylic acids is 1. The second-order valence-electron chi connectivity index (χ2n) is 3.55. The Morgan fingerprint density at radius 3 is 2.76 bits per heavy atom. The van der Waals surface area contributed by atoms with Gasteiger partial charge in [0.1, 0.15) is 5.82 Å². The third-order valence-corrected chi connectivity index (χ3v) is 3.32. The number of rotatable bonds is 5. The van der Waals surface area contributed by atoms with Crippen LogP contribution >= 0.6 is 27.5 Å². The summed E-state index contributed by atoms with van der Waals surface area (Å²) in [7, 11) is 0. The first-order valence-electron chi connectivity index (χ1n) is 5.40. The molecule has 17 heavy (non-hydrogen) atoms. The van der Waals surface area contributed by atoms with Crippen molar-refractivity contribution >= 4 is 33.4 Å². The van der Waals surface area contributed by atoms with Gasteiger partial charge in [0, 0.05) is 23.4 Å². The minimum absolute atomic E-state index is 0.107. The summed E-state index contributed by atoms with van der Waals surface area (Å²) in [5.41, 5.74) is 0.475. The summed E-state index contributed by atoms with van der Waals surface area (Å²) >= 11 is 8.81. The molecule has 1 amide bonds. The van der Waals surface area contributed by atoms with Crippen LogP contribution < -0.4 is 0 Å². The predicted octanol–water partition coefficient (Wildman–Crippen LogP) is 3.68. The smallest absolute Gasteiger partial charge is 0.254 e. The molecule has 5 heteroatoms. The van der Waals surface area contributed by atoms with E-state index in [2.05, 4.69) is 15.9 Å². The first kappa shape index (κ1) is 14.5. The highest BCUT2D eigenvalue weighted by molar-refractivity contribution is 9.10. The second-order valence-corrected chi connectivity index (χ2v) is 4.78. The maximum Gasteiger partial charge on any atom is 0.254 e. The molecule has 0 heterocycles. The van der Waals surface area contributed by atoms with E-state index < -0.39 is 0 Å². The molecule has 0 unspecified atom stereocenters. The van der Waals surface area contributed by atoms with E-state index in [0.717, 1.165) is 6.42 Å². The molecule has 0 saturated carbocycles. The Kier molecular flexibility index (Phi) is 5.92. The topological polar surface area (TPSA) is 20.3 Å². The van der Waals surface area contributed by atoms with E-state index in [1.165, 1.54) is 18.2 Å². The lowest BCUT2D eigenvalue weighted by Crippen LogP contribution is -2.32. The van der Waals surface area contributed by atoms with E-state index in [9.17, 15) is 9.18 Å². The Hall–Kier alpha value is -0.610. The fraction of sp³-hybridized carbons (Fsp3) is 0.417. The van der Waals surface area contributed by atoms with Crippen LogP contribution in [0, 0.1) is 5.82 Å². The van der Waals surface area contributed by atoms with Gasteiger partial charge in [-0.15, -0.1) is 11.6 Å². The van der Waals surface area contributed by atoms with Gasteiger partial charge in [0.15, 0.2) is 0 Å². The molecule has 0 N–H and O–H groups in total. The fourth-order valence-corrected chi connectivity index (χ4v) is 2.13. The van der Waals surface area contributed by atoms with E-state index in [4.69, 9.17) is 11.6 Å². The van der Waals surface area contributed by atoms with Gasteiger partial charge in [-0.2, -0.15) is 0 Å². The number of hydrogen-bond acceptors (Lipinski definition) is 1. The largest absolute Gasteiger partial charge is 0.339 e. The fourth-order valence-electron chi connectivity index (χ4n) is 1.49. The highest BCUT2D eigenvalue weighted by atomic mass is 79.9. The lowest BCUT2D eigenvalue weighted by atomic mass is 10.2. The van der Waals surface area contributed by atoms with Crippen LogP contribution in [0.1, 0.15) is 23.7 Å². The van der Waals surface area contributed by atoms with Crippen molar-refractivity contribution < 1.29 is 9.18 Å². The third-order valence-electron chi connectivity index (χ3n) is 2.39. The molecule has 0 aromatic heterocycles. The third kappa shape index (κ3) is 3.96. The van der Waals surface area contributed by atoms with E-state index in [-0.39, 0.29) is 11.7 Å². The quantitative estimate of drug-likeness (QED) is 0.757. The Morgan fingerprint density at radius 2 is 2.24 bits per heavy atom. The zero-order chi connectivity index (χ0) is 12.8. The molecule has 0 saturated heterocycles. The standard InChI is InChI=1S/C12H14BrClFNO/c1-2-16(7-3-6-14)12(17)10-5-4-9(15)8-11(10)13/h4-5,8H,2-3,6-7H2,1H3. The Balaban J connectivity index is 2.86. The van der Waals surface area contributed by atoms with Crippen molar-refractivity contribution in [2.75, 3.05) is 19.0 Å². The van der Waals surface area contributed by atoms with E-state index in [1.807, 2.05) is 6.92 Å². The second kappa shape index (κ2) is 6.97. The van der Waals surface area contributed by atoms with E-state index >= 15 is 0 Å². The molecular weight excluding hydrogens is 308 g/mol. The molecule has 1 rings (SSSR count). The van der Waals surface area contributed by atoms with Crippen LogP contribution in [-0.4, -0.2) is 29.8 Å². The van der Waals surface area contributed by atoms with E-state index in [1.54, 1.807) is 4.90 Å². The molecule has 2 nitrogen and oxygen atoms in total. The first-order valence-corrected chi connectivity index (χ1v) is 6.73. The van der Waals surface area contributed by atoms with Crippen LogP contribution in [0.3, 0.4) is 0 Å². The van der Waals surface area contributed by atoms with Gasteiger partial charge in [0.25, 0.3) is 5.91 Å². The summed E-state index contributed by atoms with van der Waals surface area (Å²) in [6.45, 7) is 3.13. The van der Waals surface area contributed by atoms with Crippen molar-refractivity contribution in [1.82, 2.24) is 4.90 Å². The van der Waals surface area contributed by atoms with E-state index in [0.29, 0.717) is 29.0 Å². The van der Waals surface area contributed by atoms with Crippen LogP contribution in [0.5, 0.6) is 0 Å². The molecule has 0 aliphatic carbocycles. The summed E-state index contributed by atoms with van der Waals surface area (Å²) in [5, 5.41) is 0. The van der Waals surface area contributed by atoms with Gasteiger partial charge in [-0.3, -0.25) is 4.79 Å². The van der Waals surface area contributed by atoms with Gasteiger partial charge >= 0.3 is 0 Å². The van der Waals surface area contributed by atoms with Crippen molar-refractivity contribution in [3.05, 3.63) is 34.1 Å². The molecule has 0 aliphatic heterocycles. The first-order chi connectivity index (χ1) is 8.10. The summed E-state index contributed by atoms with van der Waals surface area (Å²) in [5.74, 6) is 0.0516. The van der Waals surface area contributed by atoms with Crippen LogP contribution in [0.25, 0.3) is 0 Å². The Labute approximate surface area is 114 Å². The summed E-state index contributed by atoms with van der Waals surface area (Å²) < 4.78 is 13.4. The van der Waals surface area contributed by atoms with Crippen LogP contribution in [-0.2, 0) is 0 Å². The number of amides is 1. The van der Waals surface area contributed by atoms with Gasteiger partial charge in [-0.1, -0.05) is 0 Å². The lowest BCUT2D eigenvalue weighted by Gasteiger charge is -2.21. The summed E-state index contributed by atoms with van der Waals surface area (Å²) in [6.07, 6.45) is 0.750. The molecule has 1 aromatic rings. The molecular formula is C12H14BrClFNO. The van der Waals surface area contributed by atoms with Crippen molar-refractivity contribution in [2.24, 2.45) is 0 Å². The number of carbonyl (C=O) groups is 1. The molecule has 0 atom stereocenters. The predicted molar refractivity (Wildman–Crippen MR) is 71.0 cm³/mol. The average Bonchev–Trinajstić information content (AvgIpc) is 2.29. The number of alkyl halides is 1. The van der Waals surface area contributed by atoms with Crippen molar-refractivity contribution in [3.8, 4) is 0 Å². The van der Waals surface area contributed by atoms with Gasteiger partial charge in [0.05, 0.1) is 5.56 Å². The minimum atomic E-state index is -0.364. The number of benzene rings is 1. The number of halogens is 3. The normalized spacial score (nSPS) is 10.4. The van der Waals surface area contributed by atoms with Crippen LogP contribution in [0.4, 0.5) is 4.39 Å². The van der Waals surface area contributed by atoms with Crippen molar-refractivity contribution in [2.45, 2.75) is 13.3 Å². The zero-order valence-electron chi connectivity index (χ0n) is 9.55. The Morgan fingerprint density at radius 1 is 1.53 bits per heavy atom. The van der Waals surface area contributed by atoms with Crippen molar-refractivity contribution in [1.29, 1.82) is 0 Å². The highest BCUT2D eigenvalue weighted by Crippen LogP contribution is 2.19. The molecule has 94 valence electrons. The van der Waals surface area contributed by atoms with Crippen LogP contribution in [0.2, 0.25) is 0 Å². The lowest BCUT2D eigenvalue weighted by molar-refractivity contribution is 0.0764. The Bertz CT molecular complexity index is 400. The highest BCUT2D eigenvalue weighted by Gasteiger charge is 2.16. The summed E-state index contributed by atoms with van der Waals surface area (Å²) in [4.78, 5) is 13.8. The zero-order valence-corrected chi connectivity index (χ0v) is 11.9. The molecule has 0 bridgehead atoms. The van der Waals surface area contributed by atoms with Gasteiger partial charge in [-0.05, 0) is 47.5 Å². The van der Waals surface area contributed by atoms with Gasteiger partial charge in [-0.25, -0.2) is 4.39 Å². The minimum Gasteiger partial charge on any atom is -0.339 e. The molecule has 0 radical (unpaired) electrons. The maximum atomic E-state index is 12.9. The molecule has 1 aromatic carbocycles. The van der Waals surface area contributed by atoms with Crippen LogP contribution in [0.15, 0.2) is 22.7 Å². The molecule has 0 fully saturated rings. The number of hydrogen-bond donors (Lipinski definition) is 0. The monoisotopic (exact) mass is 321 g/mol. The molecule has 0 aliphatic rings. The average molecular weight is 323 g/mol. The maximum absolute atomic E-state index is 12.9. The van der Waals surface area contributed by atoms with Crippen molar-refractivity contribution in [3.63, 3.8) is 0 Å². The van der Waals surface area contributed by atoms with Gasteiger partial charge in [0.2, 0.25) is 0 Å².